The van der Waals surface area contributed by atoms with Crippen LogP contribution in [-0.2, 0) is 12.5 Å². The molecule has 0 bridgehead atoms. The smallest absolute Gasteiger partial charge is 0.212 e. The van der Waals surface area contributed by atoms with E-state index in [1.165, 1.54) is 66.1 Å². The highest BCUT2D eigenvalue weighted by atomic mass is 14.9. The lowest BCUT2D eigenvalue weighted by atomic mass is 9.81. The van der Waals surface area contributed by atoms with E-state index in [1.807, 2.05) is 0 Å². The van der Waals surface area contributed by atoms with Crippen LogP contribution in [0.2, 0.25) is 0 Å². The molecule has 1 aliphatic carbocycles. The molecule has 0 saturated heterocycles. The van der Waals surface area contributed by atoms with Gasteiger partial charge in [-0.1, -0.05) is 56.3 Å². The van der Waals surface area contributed by atoms with Crippen LogP contribution in [0.5, 0.6) is 0 Å². The fourth-order valence-corrected chi connectivity index (χ4v) is 6.11. The zero-order valence-electron chi connectivity index (χ0n) is 18.9. The van der Waals surface area contributed by atoms with Crippen molar-refractivity contribution < 1.29 is 4.57 Å². The van der Waals surface area contributed by atoms with Crippen molar-refractivity contribution in [2.24, 2.45) is 7.05 Å². The molecule has 2 nitrogen and oxygen atoms in total. The monoisotopic (exact) mass is 413 g/mol. The van der Waals surface area contributed by atoms with Crippen molar-refractivity contribution in [1.29, 1.82) is 0 Å². The van der Waals surface area contributed by atoms with Gasteiger partial charge in [0.15, 0.2) is 6.20 Å². The van der Waals surface area contributed by atoms with Crippen LogP contribution in [0.15, 0.2) is 84.6 Å². The number of hydrogen-bond acceptors (Lipinski definition) is 0. The topological polar surface area (TPSA) is 8.29 Å². The van der Waals surface area contributed by atoms with E-state index in [0.29, 0.717) is 0 Å². The molecule has 0 amide bonds. The van der Waals surface area contributed by atoms with Crippen molar-refractivity contribution in [3.63, 3.8) is 0 Å². The van der Waals surface area contributed by atoms with Gasteiger partial charge in [-0.3, -0.25) is 0 Å². The van der Waals surface area contributed by atoms with Gasteiger partial charge < -0.3 is 4.40 Å². The zero-order valence-corrected chi connectivity index (χ0v) is 18.9. The maximum atomic E-state index is 2.48. The molecule has 154 valence electrons. The molecular formula is C30H25N2+. The van der Waals surface area contributed by atoms with Gasteiger partial charge in [0.25, 0.3) is 0 Å². The summed E-state index contributed by atoms with van der Waals surface area (Å²) < 4.78 is 4.74. The van der Waals surface area contributed by atoms with Gasteiger partial charge in [0.2, 0.25) is 5.69 Å². The van der Waals surface area contributed by atoms with Gasteiger partial charge in [-0.25, -0.2) is 4.57 Å². The minimum absolute atomic E-state index is 0.00421. The van der Waals surface area contributed by atoms with E-state index in [1.54, 1.807) is 0 Å². The summed E-state index contributed by atoms with van der Waals surface area (Å²) in [5.74, 6) is 0. The van der Waals surface area contributed by atoms with Crippen LogP contribution in [0.1, 0.15) is 37.6 Å². The molecule has 3 aromatic heterocycles. The van der Waals surface area contributed by atoms with Crippen LogP contribution < -0.4 is 4.57 Å². The molecule has 6 aromatic rings. The minimum Gasteiger partial charge on any atom is -0.308 e. The molecule has 1 aliphatic rings. The molecule has 7 rings (SSSR count). The SMILES string of the molecule is CC1=C(c2cccc[n+]2C)c2c(ccc3c2c2cccc4c5ccccc5n3c42)C1(C)C. The summed E-state index contributed by atoms with van der Waals surface area (Å²) in [5, 5.41) is 5.41. The quantitative estimate of drug-likeness (QED) is 0.263. The van der Waals surface area contributed by atoms with Gasteiger partial charge >= 0.3 is 0 Å². The number of pyridine rings is 1. The Kier molecular flexibility index (Phi) is 3.24. The molecule has 0 fully saturated rings. The number of para-hydroxylation sites is 2. The predicted octanol–water partition coefficient (Wildman–Crippen LogP) is 6.77. The Hall–Kier alpha value is -3.65. The standard InChI is InChI=1S/C30H25N2/c1-18-26(24-14-7-8-17-31(24)4)28-22(30(18,2)3)15-16-25-27(28)21-12-9-11-20-19-10-5-6-13-23(19)32(25)29(20)21/h5-17H,1-4H3/q+1. The lowest BCUT2D eigenvalue weighted by Gasteiger charge is -2.22. The van der Waals surface area contributed by atoms with Crippen LogP contribution in [0.4, 0.5) is 0 Å². The predicted molar refractivity (Wildman–Crippen MR) is 133 cm³/mol. The number of nitrogens with zero attached hydrogens (tertiary/aromatic N) is 2. The second kappa shape index (κ2) is 5.77. The van der Waals surface area contributed by atoms with Crippen LogP contribution in [-0.4, -0.2) is 4.40 Å². The minimum atomic E-state index is -0.00421. The van der Waals surface area contributed by atoms with E-state index in [4.69, 9.17) is 0 Å². The average Bonchev–Trinajstić information content (AvgIpc) is 3.38. The zero-order chi connectivity index (χ0) is 21.8. The van der Waals surface area contributed by atoms with E-state index in [-0.39, 0.29) is 5.41 Å². The molecule has 0 saturated carbocycles. The normalized spacial score (nSPS) is 15.6. The summed E-state index contributed by atoms with van der Waals surface area (Å²) in [7, 11) is 2.15. The lowest BCUT2D eigenvalue weighted by molar-refractivity contribution is -0.673. The number of hydrogen-bond donors (Lipinski definition) is 0. The Balaban J connectivity index is 1.75. The van der Waals surface area contributed by atoms with Crippen LogP contribution in [0.25, 0.3) is 43.7 Å². The van der Waals surface area contributed by atoms with E-state index >= 15 is 0 Å². The fraction of sp³-hybridized carbons (Fsp3) is 0.167. The van der Waals surface area contributed by atoms with Crippen molar-refractivity contribution in [2.45, 2.75) is 26.2 Å². The molecule has 0 unspecified atom stereocenters. The highest BCUT2D eigenvalue weighted by Crippen LogP contribution is 2.52. The molecule has 3 aromatic carbocycles. The molecule has 0 spiro atoms. The van der Waals surface area contributed by atoms with E-state index in [9.17, 15) is 0 Å². The van der Waals surface area contributed by atoms with Gasteiger partial charge in [0, 0.05) is 44.7 Å². The summed E-state index contributed by atoms with van der Waals surface area (Å²) in [4.78, 5) is 0. The van der Waals surface area contributed by atoms with Crippen LogP contribution >= 0.6 is 0 Å². The van der Waals surface area contributed by atoms with E-state index < -0.39 is 0 Å². The van der Waals surface area contributed by atoms with Crippen molar-refractivity contribution in [1.82, 2.24) is 4.40 Å². The number of aromatic nitrogens is 2. The number of allylic oxidation sites excluding steroid dienone is 1. The van der Waals surface area contributed by atoms with Crippen molar-refractivity contribution in [2.75, 3.05) is 0 Å². The molecule has 0 aliphatic heterocycles. The molecule has 0 radical (unpaired) electrons. The maximum Gasteiger partial charge on any atom is 0.212 e. The summed E-state index contributed by atoms with van der Waals surface area (Å²) in [5.41, 5.74) is 10.9. The molecule has 0 atom stereocenters. The first kappa shape index (κ1) is 18.0. The molecule has 2 heteroatoms. The number of aryl methyl sites for hydroxylation is 1. The first-order chi connectivity index (χ1) is 15.5. The van der Waals surface area contributed by atoms with E-state index in [0.717, 1.165) is 0 Å². The van der Waals surface area contributed by atoms with Crippen molar-refractivity contribution >= 4 is 43.7 Å². The van der Waals surface area contributed by atoms with Crippen molar-refractivity contribution in [3.05, 3.63) is 101 Å². The Morgan fingerprint density at radius 3 is 2.34 bits per heavy atom. The number of rotatable bonds is 1. The van der Waals surface area contributed by atoms with Gasteiger partial charge in [0.1, 0.15) is 7.05 Å². The van der Waals surface area contributed by atoms with Gasteiger partial charge in [-0.05, 0) is 36.3 Å². The third kappa shape index (κ3) is 1.94. The summed E-state index contributed by atoms with van der Waals surface area (Å²) in [6.07, 6.45) is 2.15. The fourth-order valence-electron chi connectivity index (χ4n) is 6.11. The van der Waals surface area contributed by atoms with Gasteiger partial charge in [-0.15, -0.1) is 0 Å². The van der Waals surface area contributed by atoms with Gasteiger partial charge in [-0.2, -0.15) is 0 Å². The summed E-state index contributed by atoms with van der Waals surface area (Å²) >= 11 is 0. The Morgan fingerprint density at radius 1 is 0.750 bits per heavy atom. The van der Waals surface area contributed by atoms with Crippen molar-refractivity contribution in [3.8, 4) is 0 Å². The van der Waals surface area contributed by atoms with E-state index in [2.05, 4.69) is 116 Å². The Labute approximate surface area is 187 Å². The van der Waals surface area contributed by atoms with Crippen LogP contribution in [0.3, 0.4) is 0 Å². The summed E-state index contributed by atoms with van der Waals surface area (Å²) in [6.45, 7) is 7.06. The molecule has 32 heavy (non-hydrogen) atoms. The van der Waals surface area contributed by atoms with Crippen LogP contribution in [0, 0.1) is 0 Å². The van der Waals surface area contributed by atoms with Gasteiger partial charge in [0.05, 0.1) is 22.1 Å². The third-order valence-corrected chi connectivity index (χ3v) is 7.94. The highest BCUT2D eigenvalue weighted by molar-refractivity contribution is 6.25. The first-order valence-electron chi connectivity index (χ1n) is 11.4. The second-order valence-corrected chi connectivity index (χ2v) is 9.76. The largest absolute Gasteiger partial charge is 0.308 e. The molecular weight excluding hydrogens is 388 g/mol. The number of benzene rings is 3. The Bertz CT molecular complexity index is 1760. The molecule has 3 heterocycles. The second-order valence-electron chi connectivity index (χ2n) is 9.76. The maximum absolute atomic E-state index is 2.48. The lowest BCUT2D eigenvalue weighted by Crippen LogP contribution is -2.32. The number of fused-ring (bicyclic) bond motifs is 8. The summed E-state index contributed by atoms with van der Waals surface area (Å²) in [6, 6.07) is 26.9. The average molecular weight is 414 g/mol. The Morgan fingerprint density at radius 2 is 1.50 bits per heavy atom. The molecule has 0 N–H and O–H groups in total. The highest BCUT2D eigenvalue weighted by Gasteiger charge is 2.40. The third-order valence-electron chi connectivity index (χ3n) is 7.94. The first-order valence-corrected chi connectivity index (χ1v) is 11.4.